The molecule has 1 heterocycles. The van der Waals surface area contributed by atoms with E-state index in [0.29, 0.717) is 6.54 Å². The molecule has 2 aromatic rings. The molecule has 0 unspecified atom stereocenters. The summed E-state index contributed by atoms with van der Waals surface area (Å²) in [6.45, 7) is 4.39. The van der Waals surface area contributed by atoms with Gasteiger partial charge in [0.1, 0.15) is 11.4 Å². The molecule has 0 bridgehead atoms. The van der Waals surface area contributed by atoms with Crippen molar-refractivity contribution in [3.8, 4) is 0 Å². The average molecular weight is 298 g/mol. The maximum Gasteiger partial charge on any atom is 0.356 e. The van der Waals surface area contributed by atoms with E-state index >= 15 is 0 Å². The lowest BCUT2D eigenvalue weighted by molar-refractivity contribution is 0.0519. The van der Waals surface area contributed by atoms with Gasteiger partial charge in [-0.15, -0.1) is 0 Å². The smallest absolute Gasteiger partial charge is 0.356 e. The van der Waals surface area contributed by atoms with E-state index < -0.39 is 5.97 Å². The zero-order valence-corrected chi connectivity index (χ0v) is 12.7. The summed E-state index contributed by atoms with van der Waals surface area (Å²) in [7, 11) is 0. The molecule has 1 amide bonds. The molecule has 0 radical (unpaired) electrons. The number of aromatic nitrogens is 1. The summed E-state index contributed by atoms with van der Waals surface area (Å²) in [4.78, 5) is 30.1. The summed E-state index contributed by atoms with van der Waals surface area (Å²) in [5.74, 6) is -0.778. The highest BCUT2D eigenvalue weighted by Crippen LogP contribution is 2.16. The minimum atomic E-state index is -0.528. The van der Waals surface area contributed by atoms with Crippen molar-refractivity contribution in [3.63, 3.8) is 0 Å². The van der Waals surface area contributed by atoms with Gasteiger partial charge in [-0.3, -0.25) is 4.79 Å². The van der Waals surface area contributed by atoms with Crippen molar-refractivity contribution < 1.29 is 14.3 Å². The molecule has 0 aliphatic heterocycles. The van der Waals surface area contributed by atoms with E-state index in [1.807, 2.05) is 37.3 Å². The number of rotatable bonds is 5. The fourth-order valence-corrected chi connectivity index (χ4v) is 2.06. The Labute approximate surface area is 129 Å². The number of para-hydroxylation sites is 1. The van der Waals surface area contributed by atoms with Crippen LogP contribution >= 0.6 is 0 Å². The molecule has 0 saturated heterocycles. The van der Waals surface area contributed by atoms with Crippen LogP contribution in [0.4, 0.5) is 5.69 Å². The molecule has 0 aliphatic carbocycles. The second-order valence-corrected chi connectivity index (χ2v) is 4.51. The third kappa shape index (κ3) is 3.49. The number of carbonyl (C=O) groups is 2. The normalized spacial score (nSPS) is 10.1. The Morgan fingerprint density at radius 3 is 2.32 bits per heavy atom. The number of hydrogen-bond acceptors (Lipinski definition) is 4. The van der Waals surface area contributed by atoms with Crippen LogP contribution in [0.2, 0.25) is 0 Å². The van der Waals surface area contributed by atoms with Crippen molar-refractivity contribution in [1.82, 2.24) is 4.98 Å². The van der Waals surface area contributed by atoms with E-state index in [0.717, 1.165) is 5.69 Å². The maximum absolute atomic E-state index is 12.6. The first-order chi connectivity index (χ1) is 10.7. The number of esters is 1. The number of pyridine rings is 1. The summed E-state index contributed by atoms with van der Waals surface area (Å²) in [5, 5.41) is 0. The Morgan fingerprint density at radius 1 is 1.00 bits per heavy atom. The first-order valence-electron chi connectivity index (χ1n) is 7.18. The van der Waals surface area contributed by atoms with E-state index in [4.69, 9.17) is 4.74 Å². The van der Waals surface area contributed by atoms with Gasteiger partial charge in [0, 0.05) is 12.2 Å². The number of carbonyl (C=O) groups excluding carboxylic acids is 2. The Balaban J connectivity index is 2.28. The van der Waals surface area contributed by atoms with Crippen LogP contribution in [0.25, 0.3) is 0 Å². The van der Waals surface area contributed by atoms with Crippen LogP contribution in [0.5, 0.6) is 0 Å². The Kier molecular flexibility index (Phi) is 5.25. The van der Waals surface area contributed by atoms with Gasteiger partial charge in [-0.1, -0.05) is 24.3 Å². The highest BCUT2D eigenvalue weighted by molar-refractivity contribution is 6.05. The van der Waals surface area contributed by atoms with Crippen LogP contribution in [0.1, 0.15) is 34.8 Å². The Bertz CT molecular complexity index is 656. The van der Waals surface area contributed by atoms with Gasteiger partial charge in [-0.05, 0) is 38.1 Å². The van der Waals surface area contributed by atoms with E-state index in [2.05, 4.69) is 4.98 Å². The van der Waals surface area contributed by atoms with Crippen LogP contribution in [0, 0.1) is 0 Å². The van der Waals surface area contributed by atoms with Gasteiger partial charge < -0.3 is 9.64 Å². The van der Waals surface area contributed by atoms with E-state index in [1.165, 1.54) is 6.07 Å². The molecule has 1 aromatic carbocycles. The van der Waals surface area contributed by atoms with E-state index in [1.54, 1.807) is 24.0 Å². The van der Waals surface area contributed by atoms with Crippen LogP contribution in [0.3, 0.4) is 0 Å². The van der Waals surface area contributed by atoms with Crippen LogP contribution in [-0.2, 0) is 4.74 Å². The highest BCUT2D eigenvalue weighted by Gasteiger charge is 2.19. The zero-order valence-electron chi connectivity index (χ0n) is 12.7. The largest absolute Gasteiger partial charge is 0.461 e. The first-order valence-corrected chi connectivity index (χ1v) is 7.18. The first kappa shape index (κ1) is 15.7. The molecular weight excluding hydrogens is 280 g/mol. The van der Waals surface area contributed by atoms with Crippen molar-refractivity contribution in [1.29, 1.82) is 0 Å². The average Bonchev–Trinajstić information content (AvgIpc) is 2.57. The van der Waals surface area contributed by atoms with Crippen molar-refractivity contribution in [2.24, 2.45) is 0 Å². The quantitative estimate of drug-likeness (QED) is 0.796. The van der Waals surface area contributed by atoms with Crippen molar-refractivity contribution in [2.75, 3.05) is 18.1 Å². The molecule has 5 heteroatoms. The second kappa shape index (κ2) is 7.36. The van der Waals surface area contributed by atoms with E-state index in [9.17, 15) is 9.59 Å². The number of benzene rings is 1. The summed E-state index contributed by atoms with van der Waals surface area (Å²) >= 11 is 0. The van der Waals surface area contributed by atoms with Crippen LogP contribution < -0.4 is 4.90 Å². The molecule has 0 fully saturated rings. The summed E-state index contributed by atoms with van der Waals surface area (Å²) in [6.07, 6.45) is 0. The third-order valence-corrected chi connectivity index (χ3v) is 3.08. The zero-order chi connectivity index (χ0) is 15.9. The molecule has 0 saturated carbocycles. The number of anilines is 1. The maximum atomic E-state index is 12.6. The summed E-state index contributed by atoms with van der Waals surface area (Å²) in [5.41, 5.74) is 1.14. The predicted octanol–water partition coefficient (Wildman–Crippen LogP) is 2.93. The molecule has 5 nitrogen and oxygen atoms in total. The molecule has 0 spiro atoms. The minimum Gasteiger partial charge on any atom is -0.461 e. The van der Waals surface area contributed by atoms with Gasteiger partial charge in [-0.2, -0.15) is 0 Å². The lowest BCUT2D eigenvalue weighted by Gasteiger charge is -2.20. The molecule has 1 aromatic heterocycles. The van der Waals surface area contributed by atoms with Gasteiger partial charge in [0.2, 0.25) is 0 Å². The topological polar surface area (TPSA) is 59.5 Å². The second-order valence-electron chi connectivity index (χ2n) is 4.51. The third-order valence-electron chi connectivity index (χ3n) is 3.08. The lowest BCUT2D eigenvalue weighted by atomic mass is 10.2. The predicted molar refractivity (Wildman–Crippen MR) is 84.0 cm³/mol. The standard InChI is InChI=1S/C17H18N2O3/c1-3-19(13-9-6-5-7-10-13)16(20)14-11-8-12-15(18-14)17(21)22-4-2/h5-12H,3-4H2,1-2H3. The van der Waals surface area contributed by atoms with Gasteiger partial charge in [-0.25, -0.2) is 9.78 Å². The minimum absolute atomic E-state index is 0.136. The van der Waals surface area contributed by atoms with Crippen LogP contribution in [-0.4, -0.2) is 30.0 Å². The molecule has 2 rings (SSSR count). The Hall–Kier alpha value is -2.69. The fourth-order valence-electron chi connectivity index (χ4n) is 2.06. The van der Waals surface area contributed by atoms with Gasteiger partial charge >= 0.3 is 5.97 Å². The monoisotopic (exact) mass is 298 g/mol. The van der Waals surface area contributed by atoms with E-state index in [-0.39, 0.29) is 23.9 Å². The summed E-state index contributed by atoms with van der Waals surface area (Å²) in [6, 6.07) is 14.1. The molecule has 22 heavy (non-hydrogen) atoms. The fraction of sp³-hybridized carbons (Fsp3) is 0.235. The number of nitrogens with zero attached hydrogens (tertiary/aromatic N) is 2. The SMILES string of the molecule is CCOC(=O)c1cccc(C(=O)N(CC)c2ccccc2)n1. The summed E-state index contributed by atoms with van der Waals surface area (Å²) < 4.78 is 4.91. The number of amides is 1. The van der Waals surface area contributed by atoms with Crippen molar-refractivity contribution >= 4 is 17.6 Å². The van der Waals surface area contributed by atoms with Gasteiger partial charge in [0.15, 0.2) is 0 Å². The highest BCUT2D eigenvalue weighted by atomic mass is 16.5. The lowest BCUT2D eigenvalue weighted by Crippen LogP contribution is -2.31. The number of ether oxygens (including phenoxy) is 1. The van der Waals surface area contributed by atoms with Crippen molar-refractivity contribution in [2.45, 2.75) is 13.8 Å². The molecule has 0 aliphatic rings. The van der Waals surface area contributed by atoms with Gasteiger partial charge in [0.25, 0.3) is 5.91 Å². The van der Waals surface area contributed by atoms with Crippen LogP contribution in [0.15, 0.2) is 48.5 Å². The van der Waals surface area contributed by atoms with Crippen molar-refractivity contribution in [3.05, 3.63) is 59.9 Å². The molecule has 0 atom stereocenters. The molecular formula is C17H18N2O3. The molecule has 114 valence electrons. The number of hydrogen-bond donors (Lipinski definition) is 0. The van der Waals surface area contributed by atoms with Gasteiger partial charge in [0.05, 0.1) is 6.61 Å². The Morgan fingerprint density at radius 2 is 1.68 bits per heavy atom. The molecule has 0 N–H and O–H groups in total.